The minimum Gasteiger partial charge on any atom is -0.314 e. The molecule has 1 N–H and O–H groups in total. The molecule has 0 aromatic heterocycles. The van der Waals surface area contributed by atoms with Crippen LogP contribution in [-0.2, 0) is 0 Å². The van der Waals surface area contributed by atoms with Gasteiger partial charge in [-0.15, -0.1) is 0 Å². The predicted octanol–water partition coefficient (Wildman–Crippen LogP) is 2.33. The monoisotopic (exact) mass is 262 g/mol. The molecular formula is C12H14F4N2. The first-order chi connectivity index (χ1) is 8.48. The SMILES string of the molecule is Fc1ccc([C@H](N2CCNCC2)C(F)(F)F)cc1. The lowest BCUT2D eigenvalue weighted by atomic mass is 10.0. The van der Waals surface area contributed by atoms with Crippen molar-refractivity contribution >= 4 is 0 Å². The van der Waals surface area contributed by atoms with Gasteiger partial charge in [-0.3, -0.25) is 4.90 Å². The predicted molar refractivity (Wildman–Crippen MR) is 59.6 cm³/mol. The molecule has 100 valence electrons. The summed E-state index contributed by atoms with van der Waals surface area (Å²) in [5.41, 5.74) is 0.0887. The second-order valence-electron chi connectivity index (χ2n) is 4.28. The Morgan fingerprint density at radius 2 is 1.61 bits per heavy atom. The second kappa shape index (κ2) is 5.24. The molecular weight excluding hydrogens is 248 g/mol. The highest BCUT2D eigenvalue weighted by Gasteiger charge is 2.44. The zero-order valence-corrected chi connectivity index (χ0v) is 9.67. The van der Waals surface area contributed by atoms with Crippen LogP contribution in [0.1, 0.15) is 11.6 Å². The van der Waals surface area contributed by atoms with Crippen LogP contribution in [-0.4, -0.2) is 37.3 Å². The molecule has 1 aromatic rings. The highest BCUT2D eigenvalue weighted by molar-refractivity contribution is 5.21. The largest absolute Gasteiger partial charge is 0.408 e. The summed E-state index contributed by atoms with van der Waals surface area (Å²) in [6.45, 7) is 1.74. The number of hydrogen-bond donors (Lipinski definition) is 1. The van der Waals surface area contributed by atoms with E-state index in [1.165, 1.54) is 17.0 Å². The van der Waals surface area contributed by atoms with E-state index in [-0.39, 0.29) is 5.56 Å². The van der Waals surface area contributed by atoms with Crippen molar-refractivity contribution in [3.8, 4) is 0 Å². The Morgan fingerprint density at radius 3 is 2.11 bits per heavy atom. The average molecular weight is 262 g/mol. The maximum atomic E-state index is 13.1. The van der Waals surface area contributed by atoms with E-state index in [9.17, 15) is 17.6 Å². The van der Waals surface area contributed by atoms with Gasteiger partial charge in [-0.1, -0.05) is 12.1 Å². The van der Waals surface area contributed by atoms with Gasteiger partial charge in [0.05, 0.1) is 0 Å². The average Bonchev–Trinajstić information content (AvgIpc) is 2.32. The number of nitrogens with one attached hydrogen (secondary N) is 1. The first-order valence-electron chi connectivity index (χ1n) is 5.75. The lowest BCUT2D eigenvalue weighted by Crippen LogP contribution is -2.49. The molecule has 1 aliphatic heterocycles. The van der Waals surface area contributed by atoms with Gasteiger partial charge in [0.2, 0.25) is 0 Å². The molecule has 1 heterocycles. The Labute approximate surface area is 103 Å². The fourth-order valence-electron chi connectivity index (χ4n) is 2.19. The lowest BCUT2D eigenvalue weighted by molar-refractivity contribution is -0.187. The molecule has 0 unspecified atom stereocenters. The van der Waals surface area contributed by atoms with Crippen molar-refractivity contribution in [1.29, 1.82) is 0 Å². The molecule has 1 aliphatic rings. The van der Waals surface area contributed by atoms with Crippen molar-refractivity contribution in [2.24, 2.45) is 0 Å². The molecule has 1 saturated heterocycles. The summed E-state index contributed by atoms with van der Waals surface area (Å²) in [4.78, 5) is 1.38. The van der Waals surface area contributed by atoms with Crippen LogP contribution in [0.5, 0.6) is 0 Å². The molecule has 6 heteroatoms. The van der Waals surface area contributed by atoms with Gasteiger partial charge in [-0.2, -0.15) is 13.2 Å². The lowest BCUT2D eigenvalue weighted by Gasteiger charge is -2.36. The van der Waals surface area contributed by atoms with Crippen molar-refractivity contribution in [2.75, 3.05) is 26.2 Å². The second-order valence-corrected chi connectivity index (χ2v) is 4.28. The standard InChI is InChI=1S/C12H14F4N2/c13-10-3-1-9(2-4-10)11(12(14,15)16)18-7-5-17-6-8-18/h1-4,11,17H,5-8H2/t11-/m0/s1. The zero-order chi connectivity index (χ0) is 13.2. The molecule has 0 amide bonds. The van der Waals surface area contributed by atoms with E-state index in [2.05, 4.69) is 5.32 Å². The summed E-state index contributed by atoms with van der Waals surface area (Å²) >= 11 is 0. The van der Waals surface area contributed by atoms with Gasteiger partial charge in [-0.05, 0) is 17.7 Å². The third-order valence-electron chi connectivity index (χ3n) is 3.01. The molecule has 0 radical (unpaired) electrons. The van der Waals surface area contributed by atoms with Crippen LogP contribution in [0, 0.1) is 5.82 Å². The van der Waals surface area contributed by atoms with E-state index < -0.39 is 18.0 Å². The van der Waals surface area contributed by atoms with E-state index >= 15 is 0 Å². The summed E-state index contributed by atoms with van der Waals surface area (Å²) in [6, 6.07) is 2.89. The van der Waals surface area contributed by atoms with Crippen LogP contribution >= 0.6 is 0 Å². The number of rotatable bonds is 2. The van der Waals surface area contributed by atoms with Gasteiger partial charge < -0.3 is 5.32 Å². The van der Waals surface area contributed by atoms with Gasteiger partial charge >= 0.3 is 6.18 Å². The maximum absolute atomic E-state index is 13.1. The fraction of sp³-hybridized carbons (Fsp3) is 0.500. The molecule has 0 bridgehead atoms. The van der Waals surface area contributed by atoms with Gasteiger partial charge in [-0.25, -0.2) is 4.39 Å². The van der Waals surface area contributed by atoms with Crippen molar-refractivity contribution in [2.45, 2.75) is 12.2 Å². The van der Waals surface area contributed by atoms with E-state index in [1.54, 1.807) is 0 Å². The van der Waals surface area contributed by atoms with Crippen molar-refractivity contribution in [1.82, 2.24) is 10.2 Å². The van der Waals surface area contributed by atoms with Crippen LogP contribution in [0.4, 0.5) is 17.6 Å². The summed E-state index contributed by atoms with van der Waals surface area (Å²) in [5, 5.41) is 3.01. The Bertz CT molecular complexity index is 382. The first-order valence-corrected chi connectivity index (χ1v) is 5.75. The van der Waals surface area contributed by atoms with Crippen molar-refractivity contribution in [3.63, 3.8) is 0 Å². The molecule has 2 nitrogen and oxygen atoms in total. The smallest absolute Gasteiger partial charge is 0.314 e. The zero-order valence-electron chi connectivity index (χ0n) is 9.67. The van der Waals surface area contributed by atoms with Gasteiger partial charge in [0.15, 0.2) is 0 Å². The van der Waals surface area contributed by atoms with Crippen LogP contribution < -0.4 is 5.32 Å². The molecule has 18 heavy (non-hydrogen) atoms. The number of alkyl halides is 3. The van der Waals surface area contributed by atoms with Crippen LogP contribution in [0.15, 0.2) is 24.3 Å². The molecule has 1 atom stereocenters. The van der Waals surface area contributed by atoms with Gasteiger partial charge in [0.1, 0.15) is 11.9 Å². The van der Waals surface area contributed by atoms with E-state index in [0.717, 1.165) is 12.1 Å². The number of hydrogen-bond acceptors (Lipinski definition) is 2. The summed E-state index contributed by atoms with van der Waals surface area (Å²) in [7, 11) is 0. The third-order valence-corrected chi connectivity index (χ3v) is 3.01. The van der Waals surface area contributed by atoms with E-state index in [0.29, 0.717) is 26.2 Å². The Morgan fingerprint density at radius 1 is 1.06 bits per heavy atom. The maximum Gasteiger partial charge on any atom is 0.408 e. The normalized spacial score (nSPS) is 19.8. The highest BCUT2D eigenvalue weighted by Crippen LogP contribution is 2.37. The topological polar surface area (TPSA) is 15.3 Å². The number of halogens is 4. The Kier molecular flexibility index (Phi) is 3.87. The summed E-state index contributed by atoms with van der Waals surface area (Å²) in [6.07, 6.45) is -4.35. The Hall–Kier alpha value is -1.14. The molecule has 0 saturated carbocycles. The minimum absolute atomic E-state index is 0.0887. The van der Waals surface area contributed by atoms with Gasteiger partial charge in [0.25, 0.3) is 0 Å². The van der Waals surface area contributed by atoms with Crippen LogP contribution in [0.2, 0.25) is 0 Å². The van der Waals surface area contributed by atoms with Crippen LogP contribution in [0.25, 0.3) is 0 Å². The highest BCUT2D eigenvalue weighted by atomic mass is 19.4. The minimum atomic E-state index is -4.35. The number of nitrogens with zero attached hydrogens (tertiary/aromatic N) is 1. The molecule has 0 spiro atoms. The first kappa shape index (κ1) is 13.3. The quantitative estimate of drug-likeness (QED) is 0.823. The van der Waals surface area contributed by atoms with E-state index in [1.807, 2.05) is 0 Å². The third kappa shape index (κ3) is 3.00. The van der Waals surface area contributed by atoms with E-state index in [4.69, 9.17) is 0 Å². The number of benzene rings is 1. The van der Waals surface area contributed by atoms with Crippen molar-refractivity contribution in [3.05, 3.63) is 35.6 Å². The summed E-state index contributed by atoms with van der Waals surface area (Å²) in [5.74, 6) is -0.528. The van der Waals surface area contributed by atoms with Crippen molar-refractivity contribution < 1.29 is 17.6 Å². The number of piperazine rings is 1. The van der Waals surface area contributed by atoms with Crippen LogP contribution in [0.3, 0.4) is 0 Å². The molecule has 1 aromatic carbocycles. The Balaban J connectivity index is 2.27. The summed E-state index contributed by atoms with van der Waals surface area (Å²) < 4.78 is 52.2. The molecule has 2 rings (SSSR count). The molecule has 1 fully saturated rings. The fourth-order valence-corrected chi connectivity index (χ4v) is 2.19. The molecule has 0 aliphatic carbocycles. The van der Waals surface area contributed by atoms with Gasteiger partial charge in [0, 0.05) is 26.2 Å².